The SMILES string of the molecule is CCOC(C)CP. The van der Waals surface area contributed by atoms with Crippen molar-refractivity contribution >= 4 is 9.24 Å². The zero-order valence-corrected chi connectivity index (χ0v) is 6.13. The van der Waals surface area contributed by atoms with Crippen molar-refractivity contribution in [2.45, 2.75) is 20.0 Å². The lowest BCUT2D eigenvalue weighted by molar-refractivity contribution is 0.0930. The van der Waals surface area contributed by atoms with Crippen LogP contribution in [0.25, 0.3) is 0 Å². The lowest BCUT2D eigenvalue weighted by Gasteiger charge is -2.05. The molecular weight excluding hydrogens is 107 g/mol. The summed E-state index contributed by atoms with van der Waals surface area (Å²) in [5.41, 5.74) is 0. The van der Waals surface area contributed by atoms with Crippen LogP contribution in [0.1, 0.15) is 13.8 Å². The van der Waals surface area contributed by atoms with Gasteiger partial charge in [-0.3, -0.25) is 0 Å². The predicted octanol–water partition coefficient (Wildman–Crippen LogP) is 1.29. The van der Waals surface area contributed by atoms with E-state index < -0.39 is 0 Å². The Morgan fingerprint density at radius 3 is 2.43 bits per heavy atom. The molecule has 0 spiro atoms. The van der Waals surface area contributed by atoms with Crippen molar-refractivity contribution in [1.82, 2.24) is 0 Å². The van der Waals surface area contributed by atoms with Crippen molar-refractivity contribution in [2.24, 2.45) is 0 Å². The molecule has 0 saturated carbocycles. The lowest BCUT2D eigenvalue weighted by atomic mass is 10.5. The first kappa shape index (κ1) is 7.39. The molecule has 2 unspecified atom stereocenters. The molecule has 0 rings (SSSR count). The maximum absolute atomic E-state index is 5.17. The van der Waals surface area contributed by atoms with E-state index in [1.54, 1.807) is 0 Å². The van der Waals surface area contributed by atoms with Gasteiger partial charge in [0.25, 0.3) is 0 Å². The third kappa shape index (κ3) is 4.24. The first-order chi connectivity index (χ1) is 3.31. The van der Waals surface area contributed by atoms with Crippen LogP contribution in [-0.4, -0.2) is 18.9 Å². The Balaban J connectivity index is 2.83. The van der Waals surface area contributed by atoms with Crippen LogP contribution in [0.15, 0.2) is 0 Å². The average Bonchev–Trinajstić information content (AvgIpc) is 1.68. The van der Waals surface area contributed by atoms with Gasteiger partial charge < -0.3 is 4.74 Å². The highest BCUT2D eigenvalue weighted by atomic mass is 31.0. The molecular formula is C5H13OP. The van der Waals surface area contributed by atoms with Crippen LogP contribution in [0, 0.1) is 0 Å². The monoisotopic (exact) mass is 120 g/mol. The Bertz CT molecular complexity index is 39.1. The van der Waals surface area contributed by atoms with Gasteiger partial charge in [-0.1, -0.05) is 0 Å². The minimum atomic E-state index is 0.412. The van der Waals surface area contributed by atoms with Gasteiger partial charge in [0.05, 0.1) is 6.10 Å². The second kappa shape index (κ2) is 4.55. The van der Waals surface area contributed by atoms with E-state index in [0.717, 1.165) is 12.8 Å². The third-order valence-electron chi connectivity index (χ3n) is 0.783. The normalized spacial score (nSPS) is 14.1. The van der Waals surface area contributed by atoms with Gasteiger partial charge in [-0.2, -0.15) is 0 Å². The van der Waals surface area contributed by atoms with Crippen LogP contribution in [-0.2, 0) is 4.74 Å². The van der Waals surface area contributed by atoms with Crippen LogP contribution < -0.4 is 0 Å². The van der Waals surface area contributed by atoms with Gasteiger partial charge in [0.1, 0.15) is 0 Å². The summed E-state index contributed by atoms with van der Waals surface area (Å²) < 4.78 is 5.17. The predicted molar refractivity (Wildman–Crippen MR) is 35.7 cm³/mol. The average molecular weight is 120 g/mol. The van der Waals surface area contributed by atoms with Crippen LogP contribution in [0.5, 0.6) is 0 Å². The molecule has 0 aromatic heterocycles. The molecule has 0 N–H and O–H groups in total. The summed E-state index contributed by atoms with van der Waals surface area (Å²) >= 11 is 0. The van der Waals surface area contributed by atoms with E-state index in [4.69, 9.17) is 4.74 Å². The number of hydrogen-bond donors (Lipinski definition) is 0. The number of rotatable bonds is 3. The molecule has 1 nitrogen and oxygen atoms in total. The third-order valence-corrected chi connectivity index (χ3v) is 1.45. The molecule has 0 aliphatic carbocycles. The second-order valence-electron chi connectivity index (χ2n) is 1.50. The van der Waals surface area contributed by atoms with E-state index in [9.17, 15) is 0 Å². The van der Waals surface area contributed by atoms with Gasteiger partial charge in [0.2, 0.25) is 0 Å². The summed E-state index contributed by atoms with van der Waals surface area (Å²) in [6.45, 7) is 4.91. The lowest BCUT2D eigenvalue weighted by Crippen LogP contribution is -2.07. The van der Waals surface area contributed by atoms with Crippen molar-refractivity contribution in [3.63, 3.8) is 0 Å². The second-order valence-corrected chi connectivity index (χ2v) is 1.97. The van der Waals surface area contributed by atoms with Crippen molar-refractivity contribution in [2.75, 3.05) is 12.8 Å². The van der Waals surface area contributed by atoms with Gasteiger partial charge in [-0.25, -0.2) is 0 Å². The minimum Gasteiger partial charge on any atom is -0.378 e. The first-order valence-corrected chi connectivity index (χ1v) is 3.44. The highest BCUT2D eigenvalue weighted by molar-refractivity contribution is 7.16. The largest absolute Gasteiger partial charge is 0.378 e. The molecule has 0 amide bonds. The van der Waals surface area contributed by atoms with E-state index in [0.29, 0.717) is 6.10 Å². The van der Waals surface area contributed by atoms with Crippen molar-refractivity contribution in [1.29, 1.82) is 0 Å². The van der Waals surface area contributed by atoms with Gasteiger partial charge in [-0.05, 0) is 20.0 Å². The van der Waals surface area contributed by atoms with Crippen molar-refractivity contribution < 1.29 is 4.74 Å². The highest BCUT2D eigenvalue weighted by Crippen LogP contribution is 1.93. The molecule has 0 aromatic carbocycles. The summed E-state index contributed by atoms with van der Waals surface area (Å²) in [6, 6.07) is 0. The van der Waals surface area contributed by atoms with Gasteiger partial charge >= 0.3 is 0 Å². The van der Waals surface area contributed by atoms with Crippen molar-refractivity contribution in [3.8, 4) is 0 Å². The fraction of sp³-hybridized carbons (Fsp3) is 1.00. The Morgan fingerprint density at radius 1 is 1.71 bits per heavy atom. The highest BCUT2D eigenvalue weighted by Gasteiger charge is 1.91. The van der Waals surface area contributed by atoms with E-state index >= 15 is 0 Å². The first-order valence-electron chi connectivity index (χ1n) is 2.63. The van der Waals surface area contributed by atoms with E-state index in [2.05, 4.69) is 16.2 Å². The Kier molecular flexibility index (Phi) is 4.80. The summed E-state index contributed by atoms with van der Waals surface area (Å²) in [5, 5.41) is 0. The molecule has 0 aliphatic rings. The molecule has 0 heterocycles. The fourth-order valence-electron chi connectivity index (χ4n) is 0.353. The molecule has 0 radical (unpaired) electrons. The Hall–Kier alpha value is 0.390. The molecule has 44 valence electrons. The van der Waals surface area contributed by atoms with Gasteiger partial charge in [0.15, 0.2) is 0 Å². The van der Waals surface area contributed by atoms with Crippen molar-refractivity contribution in [3.05, 3.63) is 0 Å². The molecule has 2 atom stereocenters. The number of hydrogen-bond acceptors (Lipinski definition) is 1. The Morgan fingerprint density at radius 2 is 2.29 bits per heavy atom. The van der Waals surface area contributed by atoms with Crippen LogP contribution in [0.3, 0.4) is 0 Å². The summed E-state index contributed by atoms with van der Waals surface area (Å²) in [6.07, 6.45) is 1.45. The van der Waals surface area contributed by atoms with Crippen LogP contribution in [0.2, 0.25) is 0 Å². The minimum absolute atomic E-state index is 0.412. The zero-order chi connectivity index (χ0) is 5.70. The van der Waals surface area contributed by atoms with Gasteiger partial charge in [-0.15, -0.1) is 9.24 Å². The molecule has 2 heteroatoms. The number of ether oxygens (including phenoxy) is 1. The Labute approximate surface area is 47.6 Å². The quantitative estimate of drug-likeness (QED) is 0.510. The van der Waals surface area contributed by atoms with E-state index in [1.165, 1.54) is 0 Å². The standard InChI is InChI=1S/C5H13OP/c1-3-6-5(2)4-7/h5H,3-4,7H2,1-2H3. The fourth-order valence-corrected chi connectivity index (χ4v) is 0.489. The molecule has 0 saturated heterocycles. The molecule has 0 bridgehead atoms. The molecule has 7 heavy (non-hydrogen) atoms. The molecule has 0 fully saturated rings. The molecule has 0 aliphatic heterocycles. The van der Waals surface area contributed by atoms with E-state index in [1.807, 2.05) is 6.92 Å². The van der Waals surface area contributed by atoms with Gasteiger partial charge in [0, 0.05) is 6.61 Å². The smallest absolute Gasteiger partial charge is 0.0581 e. The molecule has 0 aromatic rings. The van der Waals surface area contributed by atoms with Crippen LogP contribution in [0.4, 0.5) is 0 Å². The van der Waals surface area contributed by atoms with Crippen LogP contribution >= 0.6 is 9.24 Å². The zero-order valence-electron chi connectivity index (χ0n) is 4.98. The summed E-state index contributed by atoms with van der Waals surface area (Å²) in [7, 11) is 2.64. The van der Waals surface area contributed by atoms with E-state index in [-0.39, 0.29) is 0 Å². The maximum Gasteiger partial charge on any atom is 0.0581 e. The summed E-state index contributed by atoms with van der Waals surface area (Å²) in [4.78, 5) is 0. The summed E-state index contributed by atoms with van der Waals surface area (Å²) in [5.74, 6) is 0. The maximum atomic E-state index is 5.17. The topological polar surface area (TPSA) is 9.23 Å².